The Kier molecular flexibility index (Phi) is 10.1. The van der Waals surface area contributed by atoms with Gasteiger partial charge in [0.15, 0.2) is 11.5 Å². The molecule has 0 spiro atoms. The number of alkyl halides is 6. The van der Waals surface area contributed by atoms with Crippen molar-refractivity contribution in [3.8, 4) is 11.5 Å². The van der Waals surface area contributed by atoms with Gasteiger partial charge in [-0.1, -0.05) is 6.92 Å². The predicted molar refractivity (Wildman–Crippen MR) is 139 cm³/mol. The number of rotatable bonds is 8. The highest BCUT2D eigenvalue weighted by molar-refractivity contribution is 5.91. The summed E-state index contributed by atoms with van der Waals surface area (Å²) in [6, 6.07) is 2.60. The van der Waals surface area contributed by atoms with Crippen LogP contribution in [-0.4, -0.2) is 50.6 Å². The molecule has 0 saturated heterocycles. The highest BCUT2D eigenvalue weighted by atomic mass is 19.4. The molecule has 0 fully saturated rings. The van der Waals surface area contributed by atoms with Gasteiger partial charge in [-0.15, -0.1) is 0 Å². The molecule has 8 nitrogen and oxygen atoms in total. The van der Waals surface area contributed by atoms with Crippen LogP contribution in [0.4, 0.5) is 41.6 Å². The zero-order chi connectivity index (χ0) is 31.4. The number of benzene rings is 2. The molecule has 2 aromatic carbocycles. The van der Waals surface area contributed by atoms with Crippen LogP contribution in [0.3, 0.4) is 0 Å². The van der Waals surface area contributed by atoms with Crippen molar-refractivity contribution in [2.24, 2.45) is 0 Å². The molecule has 2 unspecified atom stereocenters. The molecule has 1 aliphatic heterocycles. The maximum Gasteiger partial charge on any atom is 0.416 e. The maximum atomic E-state index is 13.6. The van der Waals surface area contributed by atoms with Crippen LogP contribution in [0.5, 0.6) is 11.5 Å². The number of carbonyl (C=O) groups is 2. The van der Waals surface area contributed by atoms with Crippen molar-refractivity contribution in [2.45, 2.75) is 64.6 Å². The molecule has 2 atom stereocenters. The van der Waals surface area contributed by atoms with Gasteiger partial charge < -0.3 is 18.9 Å². The van der Waals surface area contributed by atoms with Crippen LogP contribution in [0.1, 0.15) is 61.9 Å². The Balaban J connectivity index is 2.22. The molecule has 0 radical (unpaired) electrons. The Morgan fingerprint density at radius 1 is 0.905 bits per heavy atom. The normalized spacial score (nSPS) is 16.9. The lowest BCUT2D eigenvalue weighted by Gasteiger charge is -2.42. The summed E-state index contributed by atoms with van der Waals surface area (Å²) in [6.07, 6.45) is -11.3. The highest BCUT2D eigenvalue weighted by Gasteiger charge is 2.42. The Hall–Kier alpha value is -3.84. The standard InChI is InChI=1S/C28H32F6N2O6/c1-6-8-42-25(37)35(15-17-10-18(27(29,30)31)12-19(11-17)28(32,33)34)21-9-16(3)36(26(38)41-7-2)22-14-24(40-5)23(39-4)13-20(21)22/h10-14,16,21H,6-9,15H2,1-5H3. The molecule has 42 heavy (non-hydrogen) atoms. The molecule has 2 amide bonds. The average molecular weight is 607 g/mol. The van der Waals surface area contributed by atoms with E-state index in [4.69, 9.17) is 18.9 Å². The lowest BCUT2D eigenvalue weighted by Crippen LogP contribution is -2.47. The molecular weight excluding hydrogens is 574 g/mol. The number of carbonyl (C=O) groups excluding carboxylic acids is 2. The van der Waals surface area contributed by atoms with Crippen molar-refractivity contribution in [1.82, 2.24) is 4.90 Å². The van der Waals surface area contributed by atoms with Crippen LogP contribution < -0.4 is 14.4 Å². The zero-order valence-electron chi connectivity index (χ0n) is 23.7. The van der Waals surface area contributed by atoms with Gasteiger partial charge in [0.2, 0.25) is 0 Å². The third kappa shape index (κ3) is 7.13. The number of amides is 2. The Morgan fingerprint density at radius 3 is 1.98 bits per heavy atom. The summed E-state index contributed by atoms with van der Waals surface area (Å²) in [5.74, 6) is 0.464. The van der Waals surface area contributed by atoms with E-state index in [0.29, 0.717) is 24.1 Å². The lowest BCUT2D eigenvalue weighted by atomic mass is 9.90. The summed E-state index contributed by atoms with van der Waals surface area (Å²) in [5.41, 5.74) is -2.83. The molecule has 0 aliphatic carbocycles. The molecule has 0 N–H and O–H groups in total. The minimum atomic E-state index is -5.07. The van der Waals surface area contributed by atoms with Crippen molar-refractivity contribution < 1.29 is 54.9 Å². The molecule has 3 rings (SSSR count). The fraction of sp³-hybridized carbons (Fsp3) is 0.500. The van der Waals surface area contributed by atoms with Gasteiger partial charge in [0.05, 0.1) is 50.3 Å². The maximum absolute atomic E-state index is 13.6. The second kappa shape index (κ2) is 13.0. The number of hydrogen-bond acceptors (Lipinski definition) is 6. The summed E-state index contributed by atoms with van der Waals surface area (Å²) in [4.78, 5) is 28.7. The van der Waals surface area contributed by atoms with E-state index < -0.39 is 59.9 Å². The van der Waals surface area contributed by atoms with E-state index in [1.54, 1.807) is 20.8 Å². The van der Waals surface area contributed by atoms with E-state index in [1.165, 1.54) is 31.3 Å². The first-order valence-corrected chi connectivity index (χ1v) is 13.1. The average Bonchev–Trinajstić information content (AvgIpc) is 2.92. The minimum absolute atomic E-state index is 0.0234. The third-order valence-corrected chi connectivity index (χ3v) is 6.66. The number of nitrogens with zero attached hydrogens (tertiary/aromatic N) is 2. The molecule has 232 valence electrons. The van der Waals surface area contributed by atoms with Crippen LogP contribution in [0.2, 0.25) is 0 Å². The van der Waals surface area contributed by atoms with Crippen molar-refractivity contribution in [3.05, 3.63) is 52.6 Å². The quantitative estimate of drug-likeness (QED) is 0.288. The monoisotopic (exact) mass is 606 g/mol. The fourth-order valence-corrected chi connectivity index (χ4v) is 4.80. The molecule has 0 bridgehead atoms. The minimum Gasteiger partial charge on any atom is -0.493 e. The third-order valence-electron chi connectivity index (χ3n) is 6.66. The van der Waals surface area contributed by atoms with Crippen molar-refractivity contribution in [3.63, 3.8) is 0 Å². The first kappa shape index (κ1) is 32.7. The second-order valence-corrected chi connectivity index (χ2v) is 9.59. The number of halogens is 6. The van der Waals surface area contributed by atoms with Gasteiger partial charge in [-0.05, 0) is 56.5 Å². The van der Waals surface area contributed by atoms with Crippen molar-refractivity contribution >= 4 is 17.9 Å². The van der Waals surface area contributed by atoms with Gasteiger partial charge in [0.25, 0.3) is 0 Å². The lowest BCUT2D eigenvalue weighted by molar-refractivity contribution is -0.143. The molecule has 1 heterocycles. The van der Waals surface area contributed by atoms with Crippen LogP contribution in [-0.2, 0) is 28.4 Å². The van der Waals surface area contributed by atoms with Crippen LogP contribution in [0, 0.1) is 0 Å². The first-order chi connectivity index (χ1) is 19.7. The summed E-state index contributed by atoms with van der Waals surface area (Å²) in [6.45, 7) is 4.40. The summed E-state index contributed by atoms with van der Waals surface area (Å²) in [5, 5.41) is 0. The molecule has 14 heteroatoms. The number of methoxy groups -OCH3 is 2. The summed E-state index contributed by atoms with van der Waals surface area (Å²) >= 11 is 0. The predicted octanol–water partition coefficient (Wildman–Crippen LogP) is 7.59. The van der Waals surface area contributed by atoms with E-state index in [1.807, 2.05) is 0 Å². The van der Waals surface area contributed by atoms with Gasteiger partial charge >= 0.3 is 24.5 Å². The van der Waals surface area contributed by atoms with E-state index in [-0.39, 0.29) is 42.9 Å². The molecule has 1 aliphatic rings. The number of hydrogen-bond donors (Lipinski definition) is 0. The van der Waals surface area contributed by atoms with Gasteiger partial charge in [0.1, 0.15) is 0 Å². The van der Waals surface area contributed by atoms with Crippen LogP contribution >= 0.6 is 0 Å². The number of fused-ring (bicyclic) bond motifs is 1. The molecule has 0 saturated carbocycles. The Labute approximate surface area is 239 Å². The number of ether oxygens (including phenoxy) is 4. The Bertz CT molecular complexity index is 1250. The van der Waals surface area contributed by atoms with Crippen LogP contribution in [0.25, 0.3) is 0 Å². The zero-order valence-corrected chi connectivity index (χ0v) is 23.7. The largest absolute Gasteiger partial charge is 0.493 e. The van der Waals surface area contributed by atoms with Gasteiger partial charge in [-0.25, -0.2) is 9.59 Å². The van der Waals surface area contributed by atoms with Crippen LogP contribution in [0.15, 0.2) is 30.3 Å². The van der Waals surface area contributed by atoms with E-state index >= 15 is 0 Å². The van der Waals surface area contributed by atoms with E-state index in [9.17, 15) is 35.9 Å². The van der Waals surface area contributed by atoms with Crippen molar-refractivity contribution in [1.29, 1.82) is 0 Å². The Morgan fingerprint density at radius 2 is 1.48 bits per heavy atom. The number of anilines is 1. The SMILES string of the molecule is CCCOC(=O)N(Cc1cc(C(F)(F)F)cc(C(F)(F)F)c1)C1CC(C)N(C(=O)OCC)c2cc(OC)c(OC)cc21. The molecule has 2 aromatic rings. The molecule has 0 aromatic heterocycles. The van der Waals surface area contributed by atoms with Gasteiger partial charge in [-0.3, -0.25) is 9.80 Å². The summed E-state index contributed by atoms with van der Waals surface area (Å²) in [7, 11) is 2.74. The fourth-order valence-electron chi connectivity index (χ4n) is 4.80. The summed E-state index contributed by atoms with van der Waals surface area (Å²) < 4.78 is 103. The second-order valence-electron chi connectivity index (χ2n) is 9.59. The highest BCUT2D eigenvalue weighted by Crippen LogP contribution is 2.47. The topological polar surface area (TPSA) is 77.5 Å². The first-order valence-electron chi connectivity index (χ1n) is 13.1. The molecular formula is C28H32F6N2O6. The van der Waals surface area contributed by atoms with E-state index in [0.717, 1.165) is 4.90 Å². The van der Waals surface area contributed by atoms with Crippen molar-refractivity contribution in [2.75, 3.05) is 32.3 Å². The smallest absolute Gasteiger partial charge is 0.416 e. The van der Waals surface area contributed by atoms with E-state index in [2.05, 4.69) is 0 Å². The van der Waals surface area contributed by atoms with Gasteiger partial charge in [0, 0.05) is 24.2 Å². The van der Waals surface area contributed by atoms with Gasteiger partial charge in [-0.2, -0.15) is 26.3 Å².